The van der Waals surface area contributed by atoms with Crippen molar-refractivity contribution in [1.82, 2.24) is 0 Å². The maximum Gasteiger partial charge on any atom is 0.182 e. The Labute approximate surface area is 109 Å². The van der Waals surface area contributed by atoms with Crippen molar-refractivity contribution >= 4 is 21.7 Å². The fourth-order valence-corrected chi connectivity index (χ4v) is 1.90. The Hall–Kier alpha value is -1.21. The van der Waals surface area contributed by atoms with Gasteiger partial charge in [-0.25, -0.2) is 4.39 Å². The molecule has 90 valence electrons. The van der Waals surface area contributed by atoms with Gasteiger partial charge in [0, 0.05) is 4.47 Å². The van der Waals surface area contributed by atoms with Crippen molar-refractivity contribution in [3.63, 3.8) is 0 Å². The van der Waals surface area contributed by atoms with Gasteiger partial charge in [-0.2, -0.15) is 5.26 Å². The zero-order valence-corrected chi connectivity index (χ0v) is 11.3. The second-order valence-corrected chi connectivity index (χ2v) is 5.22. The molecular formula is C13H13BrFNO. The summed E-state index contributed by atoms with van der Waals surface area (Å²) in [7, 11) is 0. The highest BCUT2D eigenvalue weighted by molar-refractivity contribution is 9.10. The van der Waals surface area contributed by atoms with Gasteiger partial charge in [0.15, 0.2) is 5.78 Å². The van der Waals surface area contributed by atoms with Crippen LogP contribution in [-0.4, -0.2) is 5.78 Å². The van der Waals surface area contributed by atoms with Crippen LogP contribution in [-0.2, 0) is 0 Å². The quantitative estimate of drug-likeness (QED) is 0.789. The van der Waals surface area contributed by atoms with Crippen LogP contribution in [0.25, 0.3) is 0 Å². The number of nitriles is 1. The Morgan fingerprint density at radius 3 is 2.65 bits per heavy atom. The summed E-state index contributed by atoms with van der Waals surface area (Å²) in [5.74, 6) is -1.58. The molecule has 0 aliphatic carbocycles. The predicted octanol–water partition coefficient (Wildman–Crippen LogP) is 3.96. The predicted molar refractivity (Wildman–Crippen MR) is 67.0 cm³/mol. The maximum atomic E-state index is 13.6. The Morgan fingerprint density at radius 1 is 1.53 bits per heavy atom. The first-order chi connectivity index (χ1) is 7.95. The molecule has 1 rings (SSSR count). The molecule has 0 bridgehead atoms. The van der Waals surface area contributed by atoms with Crippen LogP contribution in [0.15, 0.2) is 22.7 Å². The highest BCUT2D eigenvalue weighted by Crippen LogP contribution is 2.21. The van der Waals surface area contributed by atoms with Crippen molar-refractivity contribution in [3.8, 4) is 6.07 Å². The van der Waals surface area contributed by atoms with E-state index in [1.54, 1.807) is 6.07 Å². The summed E-state index contributed by atoms with van der Waals surface area (Å²) in [5.41, 5.74) is -0.0135. The number of Topliss-reactive ketones (excluding diaryl/α,β-unsaturated/α-hetero) is 1. The molecule has 17 heavy (non-hydrogen) atoms. The lowest BCUT2D eigenvalue weighted by Crippen LogP contribution is -2.16. The standard InChI is InChI=1S/C13H13BrFNO/c1-8(2)5-9(7-16)13(17)11-4-3-10(14)6-12(11)15/h3-4,6,8-9H,5H2,1-2H3. The molecule has 1 aromatic rings. The van der Waals surface area contributed by atoms with Crippen molar-refractivity contribution in [1.29, 1.82) is 5.26 Å². The molecule has 0 aromatic heterocycles. The van der Waals surface area contributed by atoms with Crippen molar-refractivity contribution in [2.24, 2.45) is 11.8 Å². The Balaban J connectivity index is 2.99. The SMILES string of the molecule is CC(C)CC(C#N)C(=O)c1ccc(Br)cc1F. The van der Waals surface area contributed by atoms with E-state index in [2.05, 4.69) is 15.9 Å². The average Bonchev–Trinajstić information content (AvgIpc) is 2.24. The molecule has 1 aromatic carbocycles. The molecule has 0 aliphatic rings. The van der Waals surface area contributed by atoms with E-state index in [4.69, 9.17) is 5.26 Å². The highest BCUT2D eigenvalue weighted by Gasteiger charge is 2.23. The Kier molecular flexibility index (Phi) is 4.83. The summed E-state index contributed by atoms with van der Waals surface area (Å²) < 4.78 is 14.1. The van der Waals surface area contributed by atoms with Gasteiger partial charge in [-0.3, -0.25) is 4.79 Å². The van der Waals surface area contributed by atoms with Gasteiger partial charge in [-0.05, 0) is 30.5 Å². The van der Waals surface area contributed by atoms with Crippen LogP contribution in [0.5, 0.6) is 0 Å². The number of ketones is 1. The molecule has 1 unspecified atom stereocenters. The number of benzene rings is 1. The topological polar surface area (TPSA) is 40.9 Å². The van der Waals surface area contributed by atoms with Crippen LogP contribution in [0.4, 0.5) is 4.39 Å². The molecule has 0 aliphatic heterocycles. The van der Waals surface area contributed by atoms with Gasteiger partial charge in [0.2, 0.25) is 0 Å². The van der Waals surface area contributed by atoms with Crippen LogP contribution in [0.2, 0.25) is 0 Å². The molecule has 4 heteroatoms. The third-order valence-corrected chi connectivity index (χ3v) is 2.87. The molecule has 1 atom stereocenters. The van der Waals surface area contributed by atoms with Gasteiger partial charge in [0.05, 0.1) is 11.6 Å². The summed E-state index contributed by atoms with van der Waals surface area (Å²) in [6.45, 7) is 3.85. The van der Waals surface area contributed by atoms with E-state index in [0.29, 0.717) is 10.9 Å². The van der Waals surface area contributed by atoms with Gasteiger partial charge in [0.1, 0.15) is 11.7 Å². The van der Waals surface area contributed by atoms with Gasteiger partial charge in [-0.15, -0.1) is 0 Å². The number of hydrogen-bond donors (Lipinski definition) is 0. The first kappa shape index (κ1) is 13.9. The summed E-state index contributed by atoms with van der Waals surface area (Å²) in [6.07, 6.45) is 0.449. The highest BCUT2D eigenvalue weighted by atomic mass is 79.9. The smallest absolute Gasteiger partial charge is 0.182 e. The van der Waals surface area contributed by atoms with E-state index >= 15 is 0 Å². The monoisotopic (exact) mass is 297 g/mol. The van der Waals surface area contributed by atoms with Crippen LogP contribution in [0, 0.1) is 29.0 Å². The minimum Gasteiger partial charge on any atom is -0.293 e. The minimum absolute atomic E-state index is 0.0135. The van der Waals surface area contributed by atoms with Crippen LogP contribution < -0.4 is 0 Å². The Bertz CT molecular complexity index is 465. The zero-order valence-electron chi connectivity index (χ0n) is 9.71. The largest absolute Gasteiger partial charge is 0.293 e. The molecular weight excluding hydrogens is 285 g/mol. The van der Waals surface area contributed by atoms with Gasteiger partial charge in [0.25, 0.3) is 0 Å². The second kappa shape index (κ2) is 5.92. The number of hydrogen-bond acceptors (Lipinski definition) is 2. The molecule has 0 spiro atoms. The summed E-state index contributed by atoms with van der Waals surface area (Å²) in [6, 6.07) is 6.19. The van der Waals surface area contributed by atoms with Gasteiger partial charge >= 0.3 is 0 Å². The normalized spacial score (nSPS) is 12.2. The molecule has 0 N–H and O–H groups in total. The average molecular weight is 298 g/mol. The van der Waals surface area contributed by atoms with Crippen molar-refractivity contribution in [2.45, 2.75) is 20.3 Å². The van der Waals surface area contributed by atoms with Crippen molar-refractivity contribution < 1.29 is 9.18 Å². The maximum absolute atomic E-state index is 13.6. The van der Waals surface area contributed by atoms with Crippen molar-refractivity contribution in [3.05, 3.63) is 34.1 Å². The fraction of sp³-hybridized carbons (Fsp3) is 0.385. The molecule has 0 radical (unpaired) electrons. The molecule has 0 amide bonds. The van der Waals surface area contributed by atoms with Crippen LogP contribution in [0.3, 0.4) is 0 Å². The fourth-order valence-electron chi connectivity index (χ4n) is 1.57. The van der Waals surface area contributed by atoms with Crippen LogP contribution in [0.1, 0.15) is 30.6 Å². The number of carbonyl (C=O) groups is 1. The van der Waals surface area contributed by atoms with E-state index in [-0.39, 0.29) is 11.5 Å². The first-order valence-corrected chi connectivity index (χ1v) is 6.14. The lowest BCUT2D eigenvalue weighted by atomic mass is 9.91. The molecule has 0 saturated carbocycles. The number of rotatable bonds is 4. The van der Waals surface area contributed by atoms with Crippen molar-refractivity contribution in [2.75, 3.05) is 0 Å². The molecule has 0 saturated heterocycles. The first-order valence-electron chi connectivity index (χ1n) is 5.34. The molecule has 0 heterocycles. The van der Waals surface area contributed by atoms with Gasteiger partial charge in [-0.1, -0.05) is 29.8 Å². The lowest BCUT2D eigenvalue weighted by Gasteiger charge is -2.11. The molecule has 0 fully saturated rings. The third kappa shape index (κ3) is 3.64. The number of nitrogens with zero attached hydrogens (tertiary/aromatic N) is 1. The minimum atomic E-state index is -0.773. The van der Waals surface area contributed by atoms with E-state index in [1.165, 1.54) is 12.1 Å². The second-order valence-electron chi connectivity index (χ2n) is 4.30. The van der Waals surface area contributed by atoms with Gasteiger partial charge < -0.3 is 0 Å². The lowest BCUT2D eigenvalue weighted by molar-refractivity contribution is 0.0933. The summed E-state index contributed by atoms with van der Waals surface area (Å²) >= 11 is 3.12. The number of carbonyl (C=O) groups excluding carboxylic acids is 1. The number of halogens is 2. The van der Waals surface area contributed by atoms with E-state index in [1.807, 2.05) is 19.9 Å². The zero-order chi connectivity index (χ0) is 13.0. The molecule has 2 nitrogen and oxygen atoms in total. The summed E-state index contributed by atoms with van der Waals surface area (Å²) in [5, 5.41) is 8.95. The van der Waals surface area contributed by atoms with Crippen LogP contribution >= 0.6 is 15.9 Å². The van der Waals surface area contributed by atoms with E-state index in [0.717, 1.165) is 0 Å². The third-order valence-electron chi connectivity index (χ3n) is 2.38. The van der Waals surface area contributed by atoms with E-state index < -0.39 is 17.5 Å². The summed E-state index contributed by atoms with van der Waals surface area (Å²) in [4.78, 5) is 12.0. The Morgan fingerprint density at radius 2 is 2.18 bits per heavy atom. The van der Waals surface area contributed by atoms with E-state index in [9.17, 15) is 9.18 Å².